The second-order valence-electron chi connectivity index (χ2n) is 24.5. The molecule has 33 heteroatoms. The number of aromatic nitrogens is 6. The molecule has 32 nitrogen and oxygen atoms in total. The molecule has 8 N–H and O–H groups in total. The molecule has 604 valence electrons. The minimum atomic E-state index is -1.44. The Morgan fingerprint density at radius 2 is 1.17 bits per heavy atom. The molecular formula is C76H124BN19O13. The molecule has 6 aromatic heterocycles. The quantitative estimate of drug-likeness (QED) is 0.0311. The van der Waals surface area contributed by atoms with E-state index in [-0.39, 0.29) is 18.4 Å². The van der Waals surface area contributed by atoms with Gasteiger partial charge in [-0.2, -0.15) is 10.1 Å². The van der Waals surface area contributed by atoms with E-state index in [1.54, 1.807) is 107 Å². The first-order valence-electron chi connectivity index (χ1n) is 35.4. The summed E-state index contributed by atoms with van der Waals surface area (Å²) in [5.41, 5.74) is 17.4. The number of nitrogens with one attached hydrogen (secondary N) is 4. The van der Waals surface area contributed by atoms with Gasteiger partial charge in [-0.3, -0.25) is 35.8 Å². The maximum Gasteiger partial charge on any atom is 0.489 e. The van der Waals surface area contributed by atoms with Crippen molar-refractivity contribution in [2.24, 2.45) is 37.0 Å². The van der Waals surface area contributed by atoms with E-state index < -0.39 is 13.5 Å². The summed E-state index contributed by atoms with van der Waals surface area (Å²) in [7, 11) is 30.5. The Bertz CT molecular complexity index is 3390. The average molecular weight is 1520 g/mol. The zero-order valence-electron chi connectivity index (χ0n) is 67.9. The maximum atomic E-state index is 8.61. The summed E-state index contributed by atoms with van der Waals surface area (Å²) in [6, 6.07) is 29.2. The van der Waals surface area contributed by atoms with Gasteiger partial charge in [0.15, 0.2) is 12.5 Å². The van der Waals surface area contributed by atoms with Crippen LogP contribution >= 0.6 is 0 Å². The molecule has 0 bridgehead atoms. The van der Waals surface area contributed by atoms with Crippen molar-refractivity contribution in [2.75, 3.05) is 167 Å². The van der Waals surface area contributed by atoms with Gasteiger partial charge in [-0.05, 0) is 137 Å². The molecule has 6 aromatic rings. The van der Waals surface area contributed by atoms with Crippen LogP contribution in [0.5, 0.6) is 5.75 Å². The van der Waals surface area contributed by atoms with Gasteiger partial charge < -0.3 is 93.2 Å². The molecule has 0 radical (unpaired) electrons. The normalized spacial score (nSPS) is 15.5. The predicted octanol–water partition coefficient (Wildman–Crippen LogP) is 9.01. The molecule has 1 saturated heterocycles. The third-order valence-electron chi connectivity index (χ3n) is 15.2. The van der Waals surface area contributed by atoms with Crippen molar-refractivity contribution >= 4 is 53.7 Å². The van der Waals surface area contributed by atoms with Crippen molar-refractivity contribution in [2.45, 2.75) is 117 Å². The van der Waals surface area contributed by atoms with Crippen LogP contribution in [0.3, 0.4) is 0 Å². The lowest BCUT2D eigenvalue weighted by Crippen LogP contribution is -2.30. The minimum Gasteiger partial charge on any atom is -0.497 e. The number of pyridine rings is 6. The molecule has 3 unspecified atom stereocenters. The SMILES string of the molecule is CNc1cccc(COC)n1.COC1C=C(B(O)O)C=N1.COC1CCCCC1.COC1N=NC(N)=N1.COC1NN=C(C)C1=N.COCC1CCNCC1.COCc1cc(N(C)C)cc(C)n1.COCc1cc(N(C)C)ccn1.COCc1cccc(N(C)C)n1.COCc1ccccn1.COc1ccncc1. The van der Waals surface area contributed by atoms with E-state index in [1.165, 1.54) is 84.2 Å². The molecular weight excluding hydrogens is 1400 g/mol. The summed E-state index contributed by atoms with van der Waals surface area (Å²) in [6.45, 7) is 9.94. The van der Waals surface area contributed by atoms with E-state index in [0.717, 1.165) is 69.8 Å². The average Bonchev–Trinajstić information content (AvgIpc) is 1.16. The van der Waals surface area contributed by atoms with Crippen LogP contribution in [-0.4, -0.2) is 243 Å². The number of piperidine rings is 1. The van der Waals surface area contributed by atoms with Crippen molar-refractivity contribution in [1.29, 1.82) is 5.41 Å². The monoisotopic (exact) mass is 1520 g/mol. The maximum absolute atomic E-state index is 8.61. The number of guanidine groups is 1. The van der Waals surface area contributed by atoms with Crippen molar-refractivity contribution < 1.29 is 62.2 Å². The molecule has 1 saturated carbocycles. The van der Waals surface area contributed by atoms with E-state index in [9.17, 15) is 0 Å². The summed E-state index contributed by atoms with van der Waals surface area (Å²) in [4.78, 5) is 38.5. The smallest absolute Gasteiger partial charge is 0.489 e. The highest BCUT2D eigenvalue weighted by Crippen LogP contribution is 2.20. The summed E-state index contributed by atoms with van der Waals surface area (Å²) < 4.78 is 54.2. The fraction of sp³-hybridized carbons (Fsp3) is 0.526. The van der Waals surface area contributed by atoms with Crippen molar-refractivity contribution in [3.63, 3.8) is 0 Å². The molecule has 5 aliphatic rings. The fourth-order valence-corrected chi connectivity index (χ4v) is 9.36. The molecule has 0 amide bonds. The van der Waals surface area contributed by atoms with Gasteiger partial charge in [-0.25, -0.2) is 9.97 Å². The number of anilines is 4. The fourth-order valence-electron chi connectivity index (χ4n) is 9.36. The lowest BCUT2D eigenvalue weighted by molar-refractivity contribution is 0.0710. The number of azo groups is 1. The van der Waals surface area contributed by atoms with Gasteiger partial charge in [0.25, 0.3) is 6.35 Å². The highest BCUT2D eigenvalue weighted by atomic mass is 16.5. The molecule has 10 heterocycles. The van der Waals surface area contributed by atoms with Crippen molar-refractivity contribution in [1.82, 2.24) is 40.6 Å². The Kier molecular flexibility index (Phi) is 55.7. The van der Waals surface area contributed by atoms with Crippen molar-refractivity contribution in [3.8, 4) is 5.75 Å². The first kappa shape index (κ1) is 98.1. The number of rotatable bonds is 22. The van der Waals surface area contributed by atoms with Gasteiger partial charge in [0.1, 0.15) is 23.1 Å². The number of methoxy groups -OCH3 is 11. The molecule has 4 aliphatic heterocycles. The Morgan fingerprint density at radius 1 is 0.587 bits per heavy atom. The summed E-state index contributed by atoms with van der Waals surface area (Å²) in [5, 5.41) is 41.5. The van der Waals surface area contributed by atoms with Gasteiger partial charge in [0.05, 0.1) is 80.4 Å². The topological polar surface area (TPSA) is 377 Å². The minimum absolute atomic E-state index is 0.178. The third-order valence-corrected chi connectivity index (χ3v) is 15.2. The lowest BCUT2D eigenvalue weighted by Gasteiger charge is -2.21. The Morgan fingerprint density at radius 3 is 1.62 bits per heavy atom. The Labute approximate surface area is 647 Å². The number of aryl methyl sites for hydroxylation is 1. The highest BCUT2D eigenvalue weighted by molar-refractivity contribution is 6.57. The largest absolute Gasteiger partial charge is 0.497 e. The second kappa shape index (κ2) is 61.9. The Balaban J connectivity index is 0.000000602. The summed E-state index contributed by atoms with van der Waals surface area (Å²) in [5.74, 6) is 3.68. The standard InChI is InChI=1S/C10H16N2O.2C9H14N2O.C8H12N2O.C7H15NO.C7H9NO.C7H14O.C6H7NO.C5H8BNO3.C5H9N3O.C3H6N4O/c1-8-5-10(12(2)3)6-9(11-8)7-13-4;1-11(2)9-4-5-10-8(6-9)7-12-3;1-11(2)9-6-4-5-8(10-9)7-12-3;1-9-8-5-3-4-7(10-8)6-11-2;1-9-6-7-2-4-8-5-3-7;1-9-6-7-4-2-3-5-8-7;1-8-7-5-3-2-4-6-7;1-8-6-2-4-7-5-3-6;1-10-5-2-4(3-7-5)6(8)9;1-3-4(6)5(9-2)8-7-3;1-8-3-5-2(4)6-7-3/h5-6H,7H2,1-4H3;2*4-6H,7H2,1-3H3;3-5H,6H2,1-2H3,(H,9,10);7-8H,2-6H2,1H3;2-5H,6H2,1H3;7H,2-6H2,1H3;2-5H,1H3;2-3,5,8-9H,1H3;5-6,8H,1-2H3;3H,1H3,(H2,4,5). The van der Waals surface area contributed by atoms with Gasteiger partial charge in [0.2, 0.25) is 5.96 Å². The van der Waals surface area contributed by atoms with Gasteiger partial charge in [-0.1, -0.05) is 37.5 Å². The first-order chi connectivity index (χ1) is 52.5. The molecule has 1 aliphatic carbocycles. The number of nitrogens with zero attached hydrogens (tertiary/aromatic N) is 14. The molecule has 11 rings (SSSR count). The van der Waals surface area contributed by atoms with Crippen molar-refractivity contribution in [3.05, 3.63) is 161 Å². The number of ether oxygens (including phenoxy) is 11. The van der Waals surface area contributed by atoms with E-state index in [0.29, 0.717) is 56.0 Å². The van der Waals surface area contributed by atoms with Crippen LogP contribution in [0.2, 0.25) is 0 Å². The molecule has 0 spiro atoms. The molecule has 109 heavy (non-hydrogen) atoms. The van der Waals surface area contributed by atoms with E-state index in [2.05, 4.69) is 87.0 Å². The first-order valence-corrected chi connectivity index (χ1v) is 35.4. The van der Waals surface area contributed by atoms with Crippen LogP contribution < -0.4 is 41.2 Å². The molecule has 0 aromatic carbocycles. The third kappa shape index (κ3) is 46.2. The summed E-state index contributed by atoms with van der Waals surface area (Å²) >= 11 is 0. The lowest BCUT2D eigenvalue weighted by atomic mass is 9.80. The predicted molar refractivity (Wildman–Crippen MR) is 434 cm³/mol. The number of allylic oxidation sites excluding steroid dienone is 1. The van der Waals surface area contributed by atoms with E-state index >= 15 is 0 Å². The second-order valence-corrected chi connectivity index (χ2v) is 24.5. The zero-order chi connectivity index (χ0) is 81.0. The van der Waals surface area contributed by atoms with Crippen LogP contribution in [0.15, 0.2) is 153 Å². The number of nitrogens with two attached hydrogens (primary N) is 1. The van der Waals surface area contributed by atoms with Crippen LogP contribution in [0.4, 0.5) is 23.0 Å². The highest BCUT2D eigenvalue weighted by Gasteiger charge is 2.21. The summed E-state index contributed by atoms with van der Waals surface area (Å²) in [6.07, 6.45) is 18.6. The van der Waals surface area contributed by atoms with Crippen LogP contribution in [0.25, 0.3) is 0 Å². The zero-order valence-corrected chi connectivity index (χ0v) is 67.9. The van der Waals surface area contributed by atoms with Crippen LogP contribution in [-0.2, 0) is 80.4 Å². The van der Waals surface area contributed by atoms with Crippen LogP contribution in [0, 0.1) is 18.3 Å². The molecule has 3 atom stereocenters. The van der Waals surface area contributed by atoms with Gasteiger partial charge in [0, 0.05) is 181 Å². The number of aliphatic imine (C=N–C) groups is 2. The molecule has 2 fully saturated rings. The van der Waals surface area contributed by atoms with E-state index in [4.69, 9.17) is 68.6 Å². The number of hydrogen-bond donors (Lipinski definition) is 7. The van der Waals surface area contributed by atoms with Gasteiger partial charge in [-0.15, -0.1) is 10.2 Å². The van der Waals surface area contributed by atoms with Crippen LogP contribution in [0.1, 0.15) is 86.0 Å². The Hall–Kier alpha value is -8.94. The van der Waals surface area contributed by atoms with E-state index in [1.807, 2.05) is 146 Å². The number of hydrazone groups is 1. The van der Waals surface area contributed by atoms with Gasteiger partial charge >= 0.3 is 7.12 Å². The number of hydrogen-bond acceptors (Lipinski definition) is 32.